The van der Waals surface area contributed by atoms with Gasteiger partial charge in [0.1, 0.15) is 11.6 Å². The summed E-state index contributed by atoms with van der Waals surface area (Å²) in [6.07, 6.45) is 0.848. The molecule has 3 aromatic rings. The van der Waals surface area contributed by atoms with Crippen LogP contribution in [0.1, 0.15) is 12.0 Å². The van der Waals surface area contributed by atoms with Gasteiger partial charge < -0.3 is 14.0 Å². The molecule has 12 heteroatoms. The third kappa shape index (κ3) is 5.99. The molecule has 2 aliphatic heterocycles. The zero-order valence-corrected chi connectivity index (χ0v) is 22.1. The van der Waals surface area contributed by atoms with Gasteiger partial charge in [-0.2, -0.15) is 4.31 Å². The van der Waals surface area contributed by atoms with Crippen LogP contribution in [0.5, 0.6) is 0 Å². The maximum Gasteiger partial charge on any atom is 0.243 e. The smallest absolute Gasteiger partial charge is 0.243 e. The molecule has 200 valence electrons. The van der Waals surface area contributed by atoms with Crippen LogP contribution in [0.3, 0.4) is 0 Å². The topological polar surface area (TPSA) is 76.9 Å². The minimum Gasteiger partial charge on any atom is -0.379 e. The molecule has 0 saturated carbocycles. The number of aryl methyl sites for hydroxylation is 1. The van der Waals surface area contributed by atoms with Gasteiger partial charge >= 0.3 is 0 Å². The highest BCUT2D eigenvalue weighted by molar-refractivity contribution is 7.98. The summed E-state index contributed by atoms with van der Waals surface area (Å²) in [4.78, 5) is 7.23. The Bertz CT molecular complexity index is 1320. The summed E-state index contributed by atoms with van der Waals surface area (Å²) in [6.45, 7) is 6.12. The van der Waals surface area contributed by atoms with Gasteiger partial charge in [0.2, 0.25) is 10.0 Å². The van der Waals surface area contributed by atoms with Crippen LogP contribution >= 0.6 is 11.8 Å². The number of nitrogens with zero attached hydrogens (tertiary/aromatic N) is 4. The first-order valence-electron chi connectivity index (χ1n) is 12.4. The first-order chi connectivity index (χ1) is 17.9. The van der Waals surface area contributed by atoms with E-state index in [9.17, 15) is 17.2 Å². The molecule has 0 spiro atoms. The van der Waals surface area contributed by atoms with Gasteiger partial charge in [0.05, 0.1) is 42.4 Å². The van der Waals surface area contributed by atoms with E-state index in [1.54, 1.807) is 18.2 Å². The number of sulfonamides is 1. The second kappa shape index (κ2) is 11.7. The molecule has 2 fully saturated rings. The van der Waals surface area contributed by atoms with Crippen LogP contribution in [0, 0.1) is 11.6 Å². The quantitative estimate of drug-likeness (QED) is 0.377. The molecule has 2 aromatic carbocycles. The van der Waals surface area contributed by atoms with Crippen molar-refractivity contribution in [2.45, 2.75) is 28.8 Å². The van der Waals surface area contributed by atoms with E-state index in [1.165, 1.54) is 34.3 Å². The number of hydrogen-bond acceptors (Lipinski definition) is 7. The molecule has 2 aliphatic rings. The first kappa shape index (κ1) is 26.5. The Hall–Kier alpha value is -2.09. The SMILES string of the molecule is O=S(=O)(c1ccc2c(c1)nc(SCc1c(F)cccc1F)n2CCCN1CCOCC1)N1CCOCC1. The molecule has 0 amide bonds. The number of hydrogen-bond donors (Lipinski definition) is 0. The van der Waals surface area contributed by atoms with Crippen LogP contribution < -0.4 is 0 Å². The molecule has 8 nitrogen and oxygen atoms in total. The number of imidazole rings is 1. The summed E-state index contributed by atoms with van der Waals surface area (Å²) in [5.41, 5.74) is 1.33. The van der Waals surface area contributed by atoms with Crippen LogP contribution in [0.2, 0.25) is 0 Å². The normalized spacial score (nSPS) is 18.0. The van der Waals surface area contributed by atoms with Crippen LogP contribution in [-0.2, 0) is 31.8 Å². The highest BCUT2D eigenvalue weighted by Crippen LogP contribution is 2.31. The lowest BCUT2D eigenvalue weighted by atomic mass is 10.2. The molecule has 2 saturated heterocycles. The molecule has 0 atom stereocenters. The van der Waals surface area contributed by atoms with Crippen molar-refractivity contribution in [2.75, 3.05) is 59.2 Å². The number of halogens is 2. The number of aromatic nitrogens is 2. The van der Waals surface area contributed by atoms with Gasteiger partial charge in [0, 0.05) is 50.6 Å². The molecule has 0 aliphatic carbocycles. The van der Waals surface area contributed by atoms with Crippen LogP contribution in [0.25, 0.3) is 11.0 Å². The second-order valence-corrected chi connectivity index (χ2v) is 11.9. The Labute approximate surface area is 219 Å². The summed E-state index contributed by atoms with van der Waals surface area (Å²) < 4.78 is 69.0. The lowest BCUT2D eigenvalue weighted by Gasteiger charge is -2.26. The minimum absolute atomic E-state index is 0.00462. The van der Waals surface area contributed by atoms with E-state index in [4.69, 9.17) is 14.5 Å². The Morgan fingerprint density at radius 2 is 1.59 bits per heavy atom. The average molecular weight is 553 g/mol. The van der Waals surface area contributed by atoms with Gasteiger partial charge in [-0.3, -0.25) is 4.90 Å². The highest BCUT2D eigenvalue weighted by atomic mass is 32.2. The average Bonchev–Trinajstić information content (AvgIpc) is 3.26. The fourth-order valence-electron chi connectivity index (χ4n) is 4.59. The lowest BCUT2D eigenvalue weighted by molar-refractivity contribution is 0.0369. The maximum absolute atomic E-state index is 14.3. The third-order valence-electron chi connectivity index (χ3n) is 6.66. The number of morpholine rings is 2. The molecule has 37 heavy (non-hydrogen) atoms. The van der Waals surface area contributed by atoms with Crippen LogP contribution in [0.15, 0.2) is 46.5 Å². The summed E-state index contributed by atoms with van der Waals surface area (Å²) in [7, 11) is -3.68. The van der Waals surface area contributed by atoms with E-state index in [-0.39, 0.29) is 16.2 Å². The van der Waals surface area contributed by atoms with Crippen molar-refractivity contribution >= 4 is 32.8 Å². The molecule has 3 heterocycles. The fourth-order valence-corrected chi connectivity index (χ4v) is 7.08. The van der Waals surface area contributed by atoms with Gasteiger partial charge in [0.15, 0.2) is 5.16 Å². The zero-order valence-electron chi connectivity index (χ0n) is 20.4. The van der Waals surface area contributed by atoms with Crippen molar-refractivity contribution in [2.24, 2.45) is 0 Å². The zero-order chi connectivity index (χ0) is 25.8. The number of rotatable bonds is 9. The molecule has 5 rings (SSSR count). The molecular weight excluding hydrogens is 522 g/mol. The van der Waals surface area contributed by atoms with Gasteiger partial charge in [-0.05, 0) is 36.8 Å². The predicted octanol–water partition coefficient (Wildman–Crippen LogP) is 3.35. The summed E-state index contributed by atoms with van der Waals surface area (Å²) in [5.74, 6) is -1.12. The number of ether oxygens (including phenoxy) is 2. The van der Waals surface area contributed by atoms with Crippen LogP contribution in [-0.4, -0.2) is 86.3 Å². The molecule has 0 unspecified atom stereocenters. The van der Waals surface area contributed by atoms with E-state index < -0.39 is 21.7 Å². The Morgan fingerprint density at radius 1 is 0.919 bits per heavy atom. The summed E-state index contributed by atoms with van der Waals surface area (Å²) >= 11 is 1.24. The largest absolute Gasteiger partial charge is 0.379 e. The van der Waals surface area contributed by atoms with Crippen molar-refractivity contribution in [1.29, 1.82) is 0 Å². The van der Waals surface area contributed by atoms with Gasteiger partial charge in [-0.25, -0.2) is 22.2 Å². The number of benzene rings is 2. The number of thioether (sulfide) groups is 1. The molecule has 1 aromatic heterocycles. The summed E-state index contributed by atoms with van der Waals surface area (Å²) in [6, 6.07) is 8.80. The Balaban J connectivity index is 1.42. The number of fused-ring (bicyclic) bond motifs is 1. The Morgan fingerprint density at radius 3 is 2.30 bits per heavy atom. The molecule has 0 radical (unpaired) electrons. The Kier molecular flexibility index (Phi) is 8.42. The standard InChI is InChI=1S/C25H30F2N4O4S2/c26-21-3-1-4-22(27)20(21)18-36-25-28-23-17-19(37(32,33)30-11-15-35-16-12-30)5-6-24(23)31(25)8-2-7-29-9-13-34-14-10-29/h1,3-6,17H,2,7-16,18H2. The van der Waals surface area contributed by atoms with Crippen molar-refractivity contribution in [1.82, 2.24) is 18.8 Å². The second-order valence-electron chi connectivity index (χ2n) is 9.01. The van der Waals surface area contributed by atoms with E-state index in [2.05, 4.69) is 4.90 Å². The van der Waals surface area contributed by atoms with Crippen LogP contribution in [0.4, 0.5) is 8.78 Å². The monoisotopic (exact) mass is 552 g/mol. The lowest BCUT2D eigenvalue weighted by Crippen LogP contribution is -2.40. The van der Waals surface area contributed by atoms with E-state index >= 15 is 0 Å². The van der Waals surface area contributed by atoms with Crippen molar-refractivity contribution < 1.29 is 26.7 Å². The fraction of sp³-hybridized carbons (Fsp3) is 0.480. The molecule has 0 bridgehead atoms. The molecular formula is C25H30F2N4O4S2. The van der Waals surface area contributed by atoms with E-state index in [0.717, 1.165) is 44.8 Å². The van der Waals surface area contributed by atoms with E-state index in [0.29, 0.717) is 43.5 Å². The maximum atomic E-state index is 14.3. The highest BCUT2D eigenvalue weighted by Gasteiger charge is 2.27. The first-order valence-corrected chi connectivity index (χ1v) is 14.8. The van der Waals surface area contributed by atoms with Gasteiger partial charge in [-0.15, -0.1) is 0 Å². The van der Waals surface area contributed by atoms with Crippen molar-refractivity contribution in [3.63, 3.8) is 0 Å². The third-order valence-corrected chi connectivity index (χ3v) is 9.56. The minimum atomic E-state index is -3.68. The van der Waals surface area contributed by atoms with Gasteiger partial charge in [-0.1, -0.05) is 17.8 Å². The van der Waals surface area contributed by atoms with Crippen molar-refractivity contribution in [3.8, 4) is 0 Å². The van der Waals surface area contributed by atoms with Gasteiger partial charge in [0.25, 0.3) is 0 Å². The van der Waals surface area contributed by atoms with Crippen molar-refractivity contribution in [3.05, 3.63) is 53.6 Å². The summed E-state index contributed by atoms with van der Waals surface area (Å²) in [5, 5.41) is 0.598. The predicted molar refractivity (Wildman–Crippen MR) is 137 cm³/mol. The van der Waals surface area contributed by atoms with E-state index in [1.807, 2.05) is 4.57 Å². The molecule has 0 N–H and O–H groups in total.